The predicted molar refractivity (Wildman–Crippen MR) is 194 cm³/mol. The molecule has 0 bridgehead atoms. The molecule has 2 N–H and O–H groups in total. The quantitative estimate of drug-likeness (QED) is 0.0342. The van der Waals surface area contributed by atoms with Crippen molar-refractivity contribution in [2.75, 3.05) is 22.9 Å². The lowest BCUT2D eigenvalue weighted by atomic mass is 10.2. The van der Waals surface area contributed by atoms with E-state index in [-0.39, 0.29) is 0 Å². The molecule has 252 valence electrons. The molecule has 0 aliphatic carbocycles. The molecule has 0 heterocycles. The maximum Gasteiger partial charge on any atom is 0.186 e. The summed E-state index contributed by atoms with van der Waals surface area (Å²) in [6, 6.07) is 38.1. The summed E-state index contributed by atoms with van der Waals surface area (Å²) in [4.78, 5) is 5.63. The van der Waals surface area contributed by atoms with Gasteiger partial charge < -0.3 is 14.4 Å². The summed E-state index contributed by atoms with van der Waals surface area (Å²) in [5.41, 5.74) is 7.00. The van der Waals surface area contributed by atoms with Crippen molar-refractivity contribution in [2.45, 2.75) is 36.7 Å². The zero-order valence-electron chi connectivity index (χ0n) is 27.0. The molecule has 0 aliphatic heterocycles. The van der Waals surface area contributed by atoms with Gasteiger partial charge in [0.05, 0.1) is 39.7 Å². The minimum atomic E-state index is -2.00. The first-order valence-corrected chi connectivity index (χ1v) is 17.4. The predicted octanol–water partition coefficient (Wildman–Crippen LogP) is 10.6. The smallest absolute Gasteiger partial charge is 0.186 e. The van der Waals surface area contributed by atoms with Crippen molar-refractivity contribution < 1.29 is 23.4 Å². The number of anilines is 2. The van der Waals surface area contributed by atoms with E-state index in [1.165, 1.54) is 0 Å². The number of nitrogens with zero attached hydrogens (tertiary/aromatic N) is 6. The lowest BCUT2D eigenvalue weighted by Crippen LogP contribution is -2.21. The number of hydrogen-bond acceptors (Lipinski definition) is 11. The van der Waals surface area contributed by atoms with Crippen LogP contribution in [0.5, 0.6) is 0 Å². The van der Waals surface area contributed by atoms with E-state index in [1.54, 1.807) is 18.2 Å². The van der Waals surface area contributed by atoms with Gasteiger partial charge in [-0.1, -0.05) is 29.3 Å². The Morgan fingerprint density at radius 2 is 1.06 bits per heavy atom. The fraction of sp³-hybridized carbons (Fsp3) is 0.167. The molecule has 5 rings (SSSR count). The van der Waals surface area contributed by atoms with Crippen LogP contribution in [0.1, 0.15) is 25.0 Å². The maximum absolute atomic E-state index is 11.4. The van der Waals surface area contributed by atoms with Gasteiger partial charge in [-0.2, -0.15) is 20.5 Å². The first-order valence-electron chi connectivity index (χ1n) is 15.5. The average molecular weight is 697 g/mol. The van der Waals surface area contributed by atoms with Crippen molar-refractivity contribution in [2.24, 2.45) is 20.5 Å². The number of rotatable bonds is 16. The third-order valence-electron chi connectivity index (χ3n) is 7.51. The second-order valence-corrected chi connectivity index (χ2v) is 12.5. The molecule has 0 spiro atoms. The van der Waals surface area contributed by atoms with Crippen LogP contribution in [0.2, 0.25) is 0 Å². The van der Waals surface area contributed by atoms with Crippen molar-refractivity contribution in [3.8, 4) is 0 Å². The topological polar surface area (TPSA) is 132 Å². The highest BCUT2D eigenvalue weighted by Crippen LogP contribution is 2.28. The third kappa shape index (κ3) is 10.6. The molecular weight excluding hydrogens is 661 g/mol. The number of benzene rings is 5. The van der Waals surface area contributed by atoms with Gasteiger partial charge >= 0.3 is 0 Å². The maximum atomic E-state index is 11.4. The summed E-state index contributed by atoms with van der Waals surface area (Å²) in [6.07, 6.45) is 0. The van der Waals surface area contributed by atoms with Crippen LogP contribution < -0.4 is 9.80 Å². The Balaban J connectivity index is 1.14. The van der Waals surface area contributed by atoms with Gasteiger partial charge in [0.25, 0.3) is 0 Å². The van der Waals surface area contributed by atoms with Gasteiger partial charge in [0.1, 0.15) is 0 Å². The Kier molecular flexibility index (Phi) is 13.1. The molecule has 11 nitrogen and oxygen atoms in total. The highest BCUT2D eigenvalue weighted by molar-refractivity contribution is 7.94. The zero-order chi connectivity index (χ0) is 34.4. The number of azo groups is 2. The molecule has 49 heavy (non-hydrogen) atoms. The van der Waals surface area contributed by atoms with E-state index in [1.807, 2.05) is 103 Å². The van der Waals surface area contributed by atoms with Gasteiger partial charge in [-0.25, -0.2) is 9.47 Å². The first kappa shape index (κ1) is 35.5. The van der Waals surface area contributed by atoms with Crippen LogP contribution >= 0.6 is 12.0 Å². The summed E-state index contributed by atoms with van der Waals surface area (Å²) in [5.74, 6) is 0. The fourth-order valence-corrected chi connectivity index (χ4v) is 5.88. The van der Waals surface area contributed by atoms with Crippen molar-refractivity contribution in [3.63, 3.8) is 0 Å². The second kappa shape index (κ2) is 18.1. The molecular formula is C36H36N6O5S2. The molecule has 0 amide bonds. The molecule has 5 aromatic carbocycles. The lowest BCUT2D eigenvalue weighted by molar-refractivity contribution is -0.432. The Bertz CT molecular complexity index is 1870. The standard InChI is InChI=1S/C36H36N6O5S2/c1-3-41(25-27-7-5-9-35(23-27)48-47-46-43)33-19-15-31(16-20-33)39-37-29-11-13-30(14-12-29)38-40-32-17-21-34(22-18-32)42(4-2)26-28-8-6-10-36(24-28)49(44)45/h5-24,43H,3-4,25-26H2,1-2H3,(H,44,45). The molecule has 1 unspecified atom stereocenters. The molecule has 0 aromatic heterocycles. The van der Waals surface area contributed by atoms with Crippen LogP contribution in [0.4, 0.5) is 34.1 Å². The van der Waals surface area contributed by atoms with Crippen LogP contribution in [0, 0.1) is 0 Å². The van der Waals surface area contributed by atoms with Crippen LogP contribution in [0.25, 0.3) is 0 Å². The minimum absolute atomic E-state index is 0.393. The van der Waals surface area contributed by atoms with Crippen molar-refractivity contribution in [1.82, 2.24) is 0 Å². The second-order valence-electron chi connectivity index (χ2n) is 10.7. The van der Waals surface area contributed by atoms with E-state index >= 15 is 0 Å². The first-order chi connectivity index (χ1) is 23.9. The summed E-state index contributed by atoms with van der Waals surface area (Å²) in [5, 5.41) is 29.6. The van der Waals surface area contributed by atoms with E-state index in [2.05, 4.69) is 53.5 Å². The van der Waals surface area contributed by atoms with Crippen molar-refractivity contribution in [1.29, 1.82) is 0 Å². The molecule has 0 aliphatic rings. The fourth-order valence-electron chi connectivity index (χ4n) is 4.99. The zero-order valence-corrected chi connectivity index (χ0v) is 28.6. The highest BCUT2D eigenvalue weighted by atomic mass is 32.2. The molecule has 0 radical (unpaired) electrons. The Morgan fingerprint density at radius 3 is 1.49 bits per heavy atom. The van der Waals surface area contributed by atoms with Gasteiger partial charge in [0, 0.05) is 42.4 Å². The van der Waals surface area contributed by atoms with Crippen LogP contribution in [0.3, 0.4) is 0 Å². The van der Waals surface area contributed by atoms with Crippen LogP contribution in [-0.4, -0.2) is 27.1 Å². The van der Waals surface area contributed by atoms with E-state index < -0.39 is 11.1 Å². The van der Waals surface area contributed by atoms with Gasteiger partial charge in [0.2, 0.25) is 0 Å². The average Bonchev–Trinajstić information content (AvgIpc) is 3.14. The van der Waals surface area contributed by atoms with Crippen molar-refractivity contribution >= 4 is 57.2 Å². The SMILES string of the molecule is CCN(Cc1cccc(SOOO)c1)c1ccc(N=Nc2ccc(N=Nc3ccc(N(CC)Cc4cccc(S(=O)O)c4)cc3)cc2)cc1. The molecule has 0 saturated carbocycles. The summed E-state index contributed by atoms with van der Waals surface area (Å²) >= 11 is -1.06. The monoisotopic (exact) mass is 696 g/mol. The Labute approximate surface area is 292 Å². The summed E-state index contributed by atoms with van der Waals surface area (Å²) < 4.78 is 25.4. The van der Waals surface area contributed by atoms with Crippen molar-refractivity contribution in [3.05, 3.63) is 132 Å². The Morgan fingerprint density at radius 1 is 0.633 bits per heavy atom. The van der Waals surface area contributed by atoms with Gasteiger partial charge in [-0.15, -0.1) is 4.33 Å². The number of hydrogen-bond donors (Lipinski definition) is 2. The highest BCUT2D eigenvalue weighted by Gasteiger charge is 2.09. The largest absolute Gasteiger partial charge is 0.367 e. The minimum Gasteiger partial charge on any atom is -0.367 e. The molecule has 0 saturated heterocycles. The van der Waals surface area contributed by atoms with E-state index in [0.717, 1.165) is 63.9 Å². The Hall–Kier alpha value is -4.76. The van der Waals surface area contributed by atoms with E-state index in [0.29, 0.717) is 29.4 Å². The van der Waals surface area contributed by atoms with Crippen LogP contribution in [-0.2, 0) is 33.5 Å². The van der Waals surface area contributed by atoms with Gasteiger partial charge in [-0.3, -0.25) is 0 Å². The molecule has 1 atom stereocenters. The normalized spacial score (nSPS) is 12.1. The van der Waals surface area contributed by atoms with Crippen LogP contribution in [0.15, 0.2) is 152 Å². The summed E-state index contributed by atoms with van der Waals surface area (Å²) in [6.45, 7) is 7.08. The molecule has 5 aromatic rings. The summed E-state index contributed by atoms with van der Waals surface area (Å²) in [7, 11) is 0. The van der Waals surface area contributed by atoms with E-state index in [9.17, 15) is 8.76 Å². The molecule has 13 heteroatoms. The third-order valence-corrected chi connectivity index (χ3v) is 8.74. The van der Waals surface area contributed by atoms with Gasteiger partial charge in [0.15, 0.2) is 11.1 Å². The van der Waals surface area contributed by atoms with E-state index in [4.69, 9.17) is 5.26 Å². The van der Waals surface area contributed by atoms with Gasteiger partial charge in [-0.05, 0) is 122 Å². The molecule has 0 fully saturated rings. The lowest BCUT2D eigenvalue weighted by Gasteiger charge is -2.23.